The van der Waals surface area contributed by atoms with E-state index in [0.29, 0.717) is 6.54 Å². The van der Waals surface area contributed by atoms with Gasteiger partial charge in [-0.25, -0.2) is 12.8 Å². The molecule has 4 nitrogen and oxygen atoms in total. The van der Waals surface area contributed by atoms with Crippen LogP contribution in [0.3, 0.4) is 0 Å². The van der Waals surface area contributed by atoms with E-state index in [1.165, 1.54) is 0 Å². The van der Waals surface area contributed by atoms with Crippen molar-refractivity contribution in [3.05, 3.63) is 29.6 Å². The first-order valence-corrected chi connectivity index (χ1v) is 9.05. The molecule has 0 atom stereocenters. The highest BCUT2D eigenvalue weighted by atomic mass is 35.7. The van der Waals surface area contributed by atoms with Gasteiger partial charge in [0.1, 0.15) is 5.82 Å². The van der Waals surface area contributed by atoms with Crippen molar-refractivity contribution in [3.63, 3.8) is 0 Å². The van der Waals surface area contributed by atoms with Crippen LogP contribution in [0.25, 0.3) is 0 Å². The van der Waals surface area contributed by atoms with Crippen molar-refractivity contribution in [1.82, 2.24) is 5.32 Å². The summed E-state index contributed by atoms with van der Waals surface area (Å²) in [6, 6.07) is 2.93. The number of benzene rings is 1. The Labute approximate surface area is 128 Å². The minimum Gasteiger partial charge on any atom is -0.351 e. The first-order valence-electron chi connectivity index (χ1n) is 6.74. The van der Waals surface area contributed by atoms with Gasteiger partial charge in [-0.3, -0.25) is 4.79 Å². The van der Waals surface area contributed by atoms with Crippen LogP contribution in [0.15, 0.2) is 23.1 Å². The average molecular weight is 334 g/mol. The maximum absolute atomic E-state index is 13.7. The average Bonchev–Trinajstić information content (AvgIpc) is 2.83. The summed E-state index contributed by atoms with van der Waals surface area (Å²) in [4.78, 5) is 11.8. The molecule has 1 fully saturated rings. The summed E-state index contributed by atoms with van der Waals surface area (Å²) < 4.78 is 36.2. The predicted octanol–water partition coefficient (Wildman–Crippen LogP) is 3.06. The second-order valence-corrected chi connectivity index (χ2v) is 8.35. The van der Waals surface area contributed by atoms with Crippen LogP contribution in [0.1, 0.15) is 43.0 Å². The molecule has 1 aliphatic rings. The smallest absolute Gasteiger partial charge is 0.261 e. The Kier molecular flexibility index (Phi) is 4.58. The zero-order chi connectivity index (χ0) is 15.7. The molecular formula is C14H17ClFNO3S. The van der Waals surface area contributed by atoms with Crippen LogP contribution in [-0.4, -0.2) is 20.9 Å². The van der Waals surface area contributed by atoms with E-state index in [1.54, 1.807) is 0 Å². The SMILES string of the molecule is CC1(CNC(=O)c2cc(S(=O)(=O)Cl)ccc2F)CCCC1. The Balaban J connectivity index is 2.15. The summed E-state index contributed by atoms with van der Waals surface area (Å²) in [5.41, 5.74) is -0.277. The van der Waals surface area contributed by atoms with Crippen LogP contribution >= 0.6 is 10.7 Å². The van der Waals surface area contributed by atoms with Gasteiger partial charge < -0.3 is 5.32 Å². The highest BCUT2D eigenvalue weighted by Crippen LogP contribution is 2.36. The summed E-state index contributed by atoms with van der Waals surface area (Å²) in [5.74, 6) is -1.39. The lowest BCUT2D eigenvalue weighted by molar-refractivity contribution is 0.0930. The summed E-state index contributed by atoms with van der Waals surface area (Å²) in [7, 11) is 1.22. The van der Waals surface area contributed by atoms with E-state index >= 15 is 0 Å². The second kappa shape index (κ2) is 5.93. The van der Waals surface area contributed by atoms with Crippen molar-refractivity contribution < 1.29 is 17.6 Å². The fraction of sp³-hybridized carbons (Fsp3) is 0.500. The Morgan fingerprint density at radius 3 is 2.57 bits per heavy atom. The molecule has 1 aliphatic carbocycles. The van der Waals surface area contributed by atoms with Crippen molar-refractivity contribution in [2.24, 2.45) is 5.41 Å². The van der Waals surface area contributed by atoms with E-state index in [1.807, 2.05) is 0 Å². The van der Waals surface area contributed by atoms with E-state index in [9.17, 15) is 17.6 Å². The number of nitrogens with one attached hydrogen (secondary N) is 1. The van der Waals surface area contributed by atoms with Crippen LogP contribution in [0.2, 0.25) is 0 Å². The molecule has 2 rings (SSSR count). The lowest BCUT2D eigenvalue weighted by Crippen LogP contribution is -2.34. The van der Waals surface area contributed by atoms with Gasteiger partial charge in [0.15, 0.2) is 0 Å². The molecule has 0 saturated heterocycles. The lowest BCUT2D eigenvalue weighted by Gasteiger charge is -2.23. The monoisotopic (exact) mass is 333 g/mol. The van der Waals surface area contributed by atoms with Gasteiger partial charge in [-0.05, 0) is 36.5 Å². The fourth-order valence-corrected chi connectivity index (χ4v) is 3.40. The van der Waals surface area contributed by atoms with Crippen LogP contribution < -0.4 is 5.32 Å². The predicted molar refractivity (Wildman–Crippen MR) is 78.3 cm³/mol. The summed E-state index contributed by atoms with van der Waals surface area (Å²) in [6.45, 7) is 2.53. The number of carbonyl (C=O) groups is 1. The van der Waals surface area contributed by atoms with Gasteiger partial charge in [0.05, 0.1) is 10.5 Å². The van der Waals surface area contributed by atoms with Gasteiger partial charge in [-0.15, -0.1) is 0 Å². The molecule has 1 saturated carbocycles. The lowest BCUT2D eigenvalue weighted by atomic mass is 9.89. The zero-order valence-corrected chi connectivity index (χ0v) is 13.2. The van der Waals surface area contributed by atoms with E-state index in [4.69, 9.17) is 10.7 Å². The molecule has 116 valence electrons. The van der Waals surface area contributed by atoms with Gasteiger partial charge in [-0.2, -0.15) is 0 Å². The second-order valence-electron chi connectivity index (χ2n) is 5.78. The number of amides is 1. The largest absolute Gasteiger partial charge is 0.351 e. The van der Waals surface area contributed by atoms with E-state index < -0.39 is 20.8 Å². The highest BCUT2D eigenvalue weighted by molar-refractivity contribution is 8.13. The minimum absolute atomic E-state index is 0.0301. The molecule has 21 heavy (non-hydrogen) atoms. The third-order valence-corrected chi connectivity index (χ3v) is 5.30. The molecule has 7 heteroatoms. The van der Waals surface area contributed by atoms with Crippen molar-refractivity contribution in [1.29, 1.82) is 0 Å². The van der Waals surface area contributed by atoms with Gasteiger partial charge in [0, 0.05) is 17.2 Å². The molecule has 0 bridgehead atoms. The van der Waals surface area contributed by atoms with Gasteiger partial charge >= 0.3 is 0 Å². The van der Waals surface area contributed by atoms with E-state index in [0.717, 1.165) is 43.9 Å². The molecule has 1 N–H and O–H groups in total. The third kappa shape index (κ3) is 3.95. The summed E-state index contributed by atoms with van der Waals surface area (Å²) >= 11 is 0. The van der Waals surface area contributed by atoms with Crippen molar-refractivity contribution in [2.75, 3.05) is 6.54 Å². The summed E-state index contributed by atoms with van der Waals surface area (Å²) in [5, 5.41) is 2.68. The minimum atomic E-state index is -3.99. The molecule has 1 amide bonds. The first-order chi connectivity index (χ1) is 9.71. The Hall–Kier alpha value is -1.14. The van der Waals surface area contributed by atoms with Crippen LogP contribution in [0.5, 0.6) is 0 Å². The van der Waals surface area contributed by atoms with Gasteiger partial charge in [0.2, 0.25) is 0 Å². The van der Waals surface area contributed by atoms with Crippen LogP contribution in [0.4, 0.5) is 4.39 Å². The molecule has 0 aromatic heterocycles. The maximum Gasteiger partial charge on any atom is 0.261 e. The molecule has 1 aromatic rings. The molecule has 0 radical (unpaired) electrons. The van der Waals surface area contributed by atoms with E-state index in [-0.39, 0.29) is 15.9 Å². The fourth-order valence-electron chi connectivity index (χ4n) is 2.62. The van der Waals surface area contributed by atoms with Crippen LogP contribution in [0, 0.1) is 11.2 Å². The number of halogens is 2. The molecular weight excluding hydrogens is 317 g/mol. The van der Waals surface area contributed by atoms with Gasteiger partial charge in [0.25, 0.3) is 15.0 Å². The van der Waals surface area contributed by atoms with Gasteiger partial charge in [-0.1, -0.05) is 19.8 Å². The molecule has 0 unspecified atom stereocenters. The summed E-state index contributed by atoms with van der Waals surface area (Å²) in [6.07, 6.45) is 4.29. The number of carbonyl (C=O) groups excluding carboxylic acids is 1. The van der Waals surface area contributed by atoms with Crippen LogP contribution in [-0.2, 0) is 9.05 Å². The van der Waals surface area contributed by atoms with E-state index in [2.05, 4.69) is 12.2 Å². The Morgan fingerprint density at radius 2 is 2.00 bits per heavy atom. The maximum atomic E-state index is 13.7. The topological polar surface area (TPSA) is 63.2 Å². The molecule has 0 heterocycles. The Morgan fingerprint density at radius 1 is 1.38 bits per heavy atom. The number of hydrogen-bond donors (Lipinski definition) is 1. The zero-order valence-electron chi connectivity index (χ0n) is 11.7. The molecule has 0 spiro atoms. The quantitative estimate of drug-likeness (QED) is 0.861. The Bertz CT molecular complexity index is 654. The molecule has 0 aliphatic heterocycles. The molecule has 1 aromatic carbocycles. The number of rotatable bonds is 4. The number of hydrogen-bond acceptors (Lipinski definition) is 3. The third-order valence-electron chi connectivity index (χ3n) is 3.95. The normalized spacial score (nSPS) is 17.7. The standard InChI is InChI=1S/C14H17ClFNO3S/c1-14(6-2-3-7-14)9-17-13(18)11-8-10(21(15,19)20)4-5-12(11)16/h4-5,8H,2-3,6-7,9H2,1H3,(H,17,18). The van der Waals surface area contributed by atoms with Crippen molar-refractivity contribution in [3.8, 4) is 0 Å². The first kappa shape index (κ1) is 16.2. The van der Waals surface area contributed by atoms with Crippen molar-refractivity contribution >= 4 is 25.6 Å². The highest BCUT2D eigenvalue weighted by Gasteiger charge is 2.29. The van der Waals surface area contributed by atoms with Crippen molar-refractivity contribution in [2.45, 2.75) is 37.5 Å².